The van der Waals surface area contributed by atoms with Crippen LogP contribution in [0.15, 0.2) is 47.8 Å². The Bertz CT molecular complexity index is 562. The summed E-state index contributed by atoms with van der Waals surface area (Å²) in [6.45, 7) is 3.65. The quantitative estimate of drug-likeness (QED) is 0.780. The van der Waals surface area contributed by atoms with Crippen molar-refractivity contribution in [2.75, 3.05) is 31.6 Å². The van der Waals surface area contributed by atoms with Gasteiger partial charge in [0.1, 0.15) is 0 Å². The largest absolute Gasteiger partial charge is 0.389 e. The maximum Gasteiger partial charge on any atom is 0.0900 e. The first-order chi connectivity index (χ1) is 11.3. The summed E-state index contributed by atoms with van der Waals surface area (Å²) in [4.78, 5) is 3.50. The molecule has 124 valence electrons. The Morgan fingerprint density at radius 1 is 1.26 bits per heavy atom. The van der Waals surface area contributed by atoms with Gasteiger partial charge in [-0.15, -0.1) is 11.3 Å². The van der Waals surface area contributed by atoms with Gasteiger partial charge in [0.2, 0.25) is 0 Å². The van der Waals surface area contributed by atoms with E-state index in [1.54, 1.807) is 11.3 Å². The molecular formula is C18H24N2O2S. The SMILES string of the molecule is OC(COCc1cccs1)CN1CCC(Nc2ccccc2)C1. The van der Waals surface area contributed by atoms with Crippen LogP contribution in [0, 0.1) is 0 Å². The topological polar surface area (TPSA) is 44.7 Å². The normalized spacial score (nSPS) is 19.8. The highest BCUT2D eigenvalue weighted by Crippen LogP contribution is 2.16. The molecule has 1 saturated heterocycles. The van der Waals surface area contributed by atoms with E-state index in [1.165, 1.54) is 10.6 Å². The fourth-order valence-electron chi connectivity index (χ4n) is 2.93. The van der Waals surface area contributed by atoms with Crippen LogP contribution in [0.5, 0.6) is 0 Å². The van der Waals surface area contributed by atoms with Gasteiger partial charge in [0, 0.05) is 36.2 Å². The van der Waals surface area contributed by atoms with Gasteiger partial charge < -0.3 is 15.2 Å². The number of anilines is 1. The molecule has 5 heteroatoms. The van der Waals surface area contributed by atoms with E-state index in [1.807, 2.05) is 29.6 Å². The predicted molar refractivity (Wildman–Crippen MR) is 94.9 cm³/mol. The molecule has 2 unspecified atom stereocenters. The number of para-hydroxylation sites is 1. The summed E-state index contributed by atoms with van der Waals surface area (Å²) in [6.07, 6.45) is 0.683. The Morgan fingerprint density at radius 2 is 2.13 bits per heavy atom. The van der Waals surface area contributed by atoms with Crippen molar-refractivity contribution in [3.8, 4) is 0 Å². The molecule has 1 aromatic carbocycles. The van der Waals surface area contributed by atoms with E-state index in [0.717, 1.165) is 19.5 Å². The Kier molecular flexibility index (Phi) is 6.05. The second kappa shape index (κ2) is 8.45. The number of β-amino-alcohol motifs (C(OH)–C–C–N with tert-alkyl or cyclic N) is 1. The molecule has 1 aliphatic rings. The third kappa shape index (κ3) is 5.32. The van der Waals surface area contributed by atoms with Crippen LogP contribution in [0.4, 0.5) is 5.69 Å². The van der Waals surface area contributed by atoms with Crippen LogP contribution in [0.2, 0.25) is 0 Å². The highest BCUT2D eigenvalue weighted by Gasteiger charge is 2.24. The number of nitrogens with one attached hydrogen (secondary N) is 1. The first-order valence-electron chi connectivity index (χ1n) is 8.12. The number of hydrogen-bond donors (Lipinski definition) is 2. The third-order valence-corrected chi connectivity index (χ3v) is 4.87. The number of aliphatic hydroxyl groups is 1. The lowest BCUT2D eigenvalue weighted by molar-refractivity contribution is 0.0141. The minimum Gasteiger partial charge on any atom is -0.389 e. The van der Waals surface area contributed by atoms with Crippen molar-refractivity contribution < 1.29 is 9.84 Å². The number of likely N-dealkylation sites (tertiary alicyclic amines) is 1. The summed E-state index contributed by atoms with van der Waals surface area (Å²) >= 11 is 1.68. The minimum atomic E-state index is -0.426. The van der Waals surface area contributed by atoms with Gasteiger partial charge in [-0.05, 0) is 30.0 Å². The number of hydrogen-bond acceptors (Lipinski definition) is 5. The number of aliphatic hydroxyl groups excluding tert-OH is 1. The number of thiophene rings is 1. The number of benzene rings is 1. The summed E-state index contributed by atoms with van der Waals surface area (Å²) in [6, 6.07) is 14.8. The molecule has 4 nitrogen and oxygen atoms in total. The molecule has 2 aromatic rings. The second-order valence-corrected chi connectivity index (χ2v) is 7.04. The number of rotatable bonds is 8. The van der Waals surface area contributed by atoms with Gasteiger partial charge in [0.25, 0.3) is 0 Å². The Morgan fingerprint density at radius 3 is 2.91 bits per heavy atom. The average molecular weight is 332 g/mol. The smallest absolute Gasteiger partial charge is 0.0900 e. The van der Waals surface area contributed by atoms with Gasteiger partial charge in [-0.2, -0.15) is 0 Å². The summed E-state index contributed by atoms with van der Waals surface area (Å²) in [5, 5.41) is 15.7. The minimum absolute atomic E-state index is 0.394. The number of nitrogens with zero attached hydrogens (tertiary/aromatic N) is 1. The zero-order valence-electron chi connectivity index (χ0n) is 13.2. The van der Waals surface area contributed by atoms with Crippen LogP contribution in [-0.2, 0) is 11.3 Å². The Labute approximate surface area is 141 Å². The molecule has 0 saturated carbocycles. The van der Waals surface area contributed by atoms with E-state index in [4.69, 9.17) is 4.74 Å². The molecular weight excluding hydrogens is 308 g/mol. The molecule has 1 aliphatic heterocycles. The third-order valence-electron chi connectivity index (χ3n) is 4.02. The van der Waals surface area contributed by atoms with Gasteiger partial charge in [0.05, 0.1) is 19.3 Å². The molecule has 23 heavy (non-hydrogen) atoms. The molecule has 0 radical (unpaired) electrons. The van der Waals surface area contributed by atoms with Crippen LogP contribution in [0.1, 0.15) is 11.3 Å². The molecule has 2 atom stereocenters. The molecule has 0 amide bonds. The van der Waals surface area contributed by atoms with Crippen LogP contribution >= 0.6 is 11.3 Å². The first kappa shape index (κ1) is 16.5. The van der Waals surface area contributed by atoms with Crippen LogP contribution < -0.4 is 5.32 Å². The summed E-state index contributed by atoms with van der Waals surface area (Å²) in [5.74, 6) is 0. The highest BCUT2D eigenvalue weighted by molar-refractivity contribution is 7.09. The summed E-state index contributed by atoms with van der Waals surface area (Å²) in [5.41, 5.74) is 1.17. The number of ether oxygens (including phenoxy) is 1. The van der Waals surface area contributed by atoms with E-state index in [2.05, 4.69) is 28.4 Å². The van der Waals surface area contributed by atoms with Crippen molar-refractivity contribution in [3.05, 3.63) is 52.7 Å². The van der Waals surface area contributed by atoms with Gasteiger partial charge in [-0.1, -0.05) is 24.3 Å². The van der Waals surface area contributed by atoms with Gasteiger partial charge in [-0.3, -0.25) is 4.90 Å². The average Bonchev–Trinajstić information content (AvgIpc) is 3.21. The van der Waals surface area contributed by atoms with Crippen molar-refractivity contribution in [2.24, 2.45) is 0 Å². The van der Waals surface area contributed by atoms with Gasteiger partial charge >= 0.3 is 0 Å². The van der Waals surface area contributed by atoms with Crippen molar-refractivity contribution in [1.29, 1.82) is 0 Å². The van der Waals surface area contributed by atoms with Crippen molar-refractivity contribution in [1.82, 2.24) is 4.90 Å². The zero-order chi connectivity index (χ0) is 15.9. The maximum atomic E-state index is 10.1. The van der Waals surface area contributed by atoms with Crippen molar-refractivity contribution >= 4 is 17.0 Å². The van der Waals surface area contributed by atoms with E-state index < -0.39 is 6.10 Å². The summed E-state index contributed by atoms with van der Waals surface area (Å²) < 4.78 is 5.59. The van der Waals surface area contributed by atoms with E-state index in [9.17, 15) is 5.11 Å². The molecule has 1 fully saturated rings. The highest BCUT2D eigenvalue weighted by atomic mass is 32.1. The van der Waals surface area contributed by atoms with E-state index >= 15 is 0 Å². The van der Waals surface area contributed by atoms with Crippen molar-refractivity contribution in [2.45, 2.75) is 25.2 Å². The second-order valence-electron chi connectivity index (χ2n) is 6.00. The van der Waals surface area contributed by atoms with Gasteiger partial charge in [0.15, 0.2) is 0 Å². The molecule has 0 spiro atoms. The maximum absolute atomic E-state index is 10.1. The van der Waals surface area contributed by atoms with E-state index in [-0.39, 0.29) is 0 Å². The predicted octanol–water partition coefficient (Wildman–Crippen LogP) is 2.81. The van der Waals surface area contributed by atoms with Crippen LogP contribution in [0.3, 0.4) is 0 Å². The van der Waals surface area contributed by atoms with Crippen LogP contribution in [-0.4, -0.2) is 48.4 Å². The Balaban J connectivity index is 1.34. The molecule has 1 aromatic heterocycles. The lowest BCUT2D eigenvalue weighted by Crippen LogP contribution is -2.35. The molecule has 0 bridgehead atoms. The summed E-state index contributed by atoms with van der Waals surface area (Å²) in [7, 11) is 0. The molecule has 0 aliphatic carbocycles. The van der Waals surface area contributed by atoms with Crippen LogP contribution in [0.25, 0.3) is 0 Å². The lowest BCUT2D eigenvalue weighted by atomic mass is 10.2. The standard InChI is InChI=1S/C18H24N2O2S/c21-17(13-22-14-18-7-4-10-23-18)12-20-9-8-16(11-20)19-15-5-2-1-3-6-15/h1-7,10,16-17,19,21H,8-9,11-14H2. The molecule has 2 N–H and O–H groups in total. The zero-order valence-corrected chi connectivity index (χ0v) is 14.0. The monoisotopic (exact) mass is 332 g/mol. The fraction of sp³-hybridized carbons (Fsp3) is 0.444. The van der Waals surface area contributed by atoms with E-state index in [0.29, 0.717) is 25.8 Å². The van der Waals surface area contributed by atoms with Gasteiger partial charge in [-0.25, -0.2) is 0 Å². The molecule has 3 rings (SSSR count). The Hall–Kier alpha value is -1.40. The fourth-order valence-corrected chi connectivity index (χ4v) is 3.57. The lowest BCUT2D eigenvalue weighted by Gasteiger charge is -2.20. The first-order valence-corrected chi connectivity index (χ1v) is 8.99. The molecule has 2 heterocycles. The van der Waals surface area contributed by atoms with Crippen molar-refractivity contribution in [3.63, 3.8) is 0 Å².